The SMILES string of the molecule is CCOC(=O)CC[C@H](NC(=O)c1ccc(C#Cc2c[nH]c3nc(NC(=O)C(C)(C)C)[nH]c(=O)c23)cc1)C(=O)OCC. The van der Waals surface area contributed by atoms with Gasteiger partial charge in [-0.25, -0.2) is 4.79 Å². The van der Waals surface area contributed by atoms with E-state index < -0.39 is 34.9 Å². The minimum Gasteiger partial charge on any atom is -0.466 e. The summed E-state index contributed by atoms with van der Waals surface area (Å²) in [6.45, 7) is 8.91. The molecule has 2 heterocycles. The molecule has 0 fully saturated rings. The number of amides is 2. The number of fused-ring (bicyclic) bond motifs is 1. The van der Waals surface area contributed by atoms with Crippen LogP contribution in [-0.2, 0) is 23.9 Å². The van der Waals surface area contributed by atoms with Crippen molar-refractivity contribution in [3.63, 3.8) is 0 Å². The van der Waals surface area contributed by atoms with Gasteiger partial charge in [-0.3, -0.25) is 29.5 Å². The number of nitrogens with zero attached hydrogens (tertiary/aromatic N) is 1. The van der Waals surface area contributed by atoms with Crippen molar-refractivity contribution in [2.24, 2.45) is 5.41 Å². The number of rotatable bonds is 9. The molecule has 2 aromatic heterocycles. The number of aromatic nitrogens is 3. The van der Waals surface area contributed by atoms with Crippen LogP contribution in [0.2, 0.25) is 0 Å². The molecule has 1 atom stereocenters. The summed E-state index contributed by atoms with van der Waals surface area (Å²) in [6, 6.07) is 5.32. The van der Waals surface area contributed by atoms with Gasteiger partial charge in [0.1, 0.15) is 11.7 Å². The van der Waals surface area contributed by atoms with E-state index in [1.54, 1.807) is 65.1 Å². The van der Waals surface area contributed by atoms with Crippen LogP contribution in [0, 0.1) is 17.3 Å². The topological polar surface area (TPSA) is 172 Å². The summed E-state index contributed by atoms with van der Waals surface area (Å²) in [5.41, 5.74) is 0.396. The molecule has 41 heavy (non-hydrogen) atoms. The summed E-state index contributed by atoms with van der Waals surface area (Å²) < 4.78 is 9.91. The fraction of sp³-hybridized carbons (Fsp3) is 0.379. The Morgan fingerprint density at radius 1 is 1.02 bits per heavy atom. The van der Waals surface area contributed by atoms with E-state index in [9.17, 15) is 24.0 Å². The van der Waals surface area contributed by atoms with Gasteiger partial charge in [0, 0.05) is 29.2 Å². The predicted molar refractivity (Wildman–Crippen MR) is 151 cm³/mol. The van der Waals surface area contributed by atoms with E-state index in [1.165, 1.54) is 0 Å². The molecule has 0 saturated carbocycles. The number of nitrogens with one attached hydrogen (secondary N) is 4. The zero-order valence-corrected chi connectivity index (χ0v) is 23.6. The van der Waals surface area contributed by atoms with E-state index in [4.69, 9.17) is 9.47 Å². The Morgan fingerprint density at radius 2 is 1.71 bits per heavy atom. The zero-order valence-electron chi connectivity index (χ0n) is 23.6. The van der Waals surface area contributed by atoms with Crippen LogP contribution in [0.25, 0.3) is 11.0 Å². The normalized spacial score (nSPS) is 11.6. The third kappa shape index (κ3) is 8.28. The molecule has 216 valence electrons. The lowest BCUT2D eigenvalue weighted by atomic mass is 9.96. The molecule has 3 rings (SSSR count). The molecule has 12 heteroatoms. The molecule has 12 nitrogen and oxygen atoms in total. The molecule has 1 aromatic carbocycles. The van der Waals surface area contributed by atoms with Crippen LogP contribution >= 0.6 is 0 Å². The molecular weight excluding hydrogens is 530 g/mol. The highest BCUT2D eigenvalue weighted by Gasteiger charge is 2.24. The standard InChI is InChI=1S/C29H33N5O7/c1-6-40-21(35)15-14-20(26(38)41-7-2)31-24(36)18-11-8-17(9-12-18)10-13-19-16-30-23-22(19)25(37)33-28(32-23)34-27(39)29(3,4)5/h8-9,11-12,16,20H,6-7,14-15H2,1-5H3,(H,31,36)(H3,30,32,33,34,37,39)/t20-/m0/s1. The fourth-order valence-corrected chi connectivity index (χ4v) is 3.57. The van der Waals surface area contributed by atoms with Gasteiger partial charge in [0.05, 0.1) is 24.2 Å². The lowest BCUT2D eigenvalue weighted by Crippen LogP contribution is -2.42. The van der Waals surface area contributed by atoms with Crippen molar-refractivity contribution in [3.05, 3.63) is 57.5 Å². The number of ether oxygens (including phenoxy) is 2. The van der Waals surface area contributed by atoms with Gasteiger partial charge >= 0.3 is 11.9 Å². The van der Waals surface area contributed by atoms with Crippen molar-refractivity contribution in [1.82, 2.24) is 20.3 Å². The quantitative estimate of drug-likeness (QED) is 0.227. The molecule has 4 N–H and O–H groups in total. The molecule has 0 aliphatic heterocycles. The molecule has 3 aromatic rings. The second-order valence-corrected chi connectivity index (χ2v) is 9.99. The summed E-state index contributed by atoms with van der Waals surface area (Å²) >= 11 is 0. The molecule has 0 bridgehead atoms. The average molecular weight is 564 g/mol. The van der Waals surface area contributed by atoms with Crippen molar-refractivity contribution in [2.75, 3.05) is 18.5 Å². The van der Waals surface area contributed by atoms with Crippen LogP contribution in [0.1, 0.15) is 68.9 Å². The largest absolute Gasteiger partial charge is 0.466 e. The maximum Gasteiger partial charge on any atom is 0.328 e. The Balaban J connectivity index is 1.72. The highest BCUT2D eigenvalue weighted by Crippen LogP contribution is 2.17. The van der Waals surface area contributed by atoms with Crippen molar-refractivity contribution < 1.29 is 28.7 Å². The first-order valence-electron chi connectivity index (χ1n) is 13.1. The fourth-order valence-electron chi connectivity index (χ4n) is 3.57. The molecular formula is C29H33N5O7. The number of aromatic amines is 2. The van der Waals surface area contributed by atoms with Crippen LogP contribution in [-0.4, -0.2) is 58.0 Å². The van der Waals surface area contributed by atoms with Crippen molar-refractivity contribution >= 4 is 40.7 Å². The van der Waals surface area contributed by atoms with Gasteiger partial charge in [-0.2, -0.15) is 4.98 Å². The molecule has 0 aliphatic rings. The van der Waals surface area contributed by atoms with Gasteiger partial charge in [-0.1, -0.05) is 32.6 Å². The number of carbonyl (C=O) groups is 4. The zero-order chi connectivity index (χ0) is 30.2. The van der Waals surface area contributed by atoms with E-state index in [0.717, 1.165) is 0 Å². The van der Waals surface area contributed by atoms with E-state index in [2.05, 4.69) is 37.4 Å². The van der Waals surface area contributed by atoms with Crippen LogP contribution in [0.4, 0.5) is 5.95 Å². The van der Waals surface area contributed by atoms with Gasteiger partial charge in [0.15, 0.2) is 0 Å². The number of hydrogen-bond acceptors (Lipinski definition) is 8. The van der Waals surface area contributed by atoms with Crippen LogP contribution in [0.5, 0.6) is 0 Å². The monoisotopic (exact) mass is 563 g/mol. The minimum absolute atomic E-state index is 0.0312. The number of H-pyrrole nitrogens is 2. The van der Waals surface area contributed by atoms with Gasteiger partial charge in [-0.05, 0) is 44.5 Å². The Kier molecular flexibility index (Phi) is 10.0. The second-order valence-electron chi connectivity index (χ2n) is 9.99. The lowest BCUT2D eigenvalue weighted by Gasteiger charge is -2.17. The second kappa shape index (κ2) is 13.4. The predicted octanol–water partition coefficient (Wildman–Crippen LogP) is 2.64. The summed E-state index contributed by atoms with van der Waals surface area (Å²) in [5, 5.41) is 5.45. The molecule has 0 unspecified atom stereocenters. The lowest BCUT2D eigenvalue weighted by molar-refractivity contribution is -0.146. The van der Waals surface area contributed by atoms with Crippen LogP contribution in [0.15, 0.2) is 35.3 Å². The number of esters is 2. The summed E-state index contributed by atoms with van der Waals surface area (Å²) in [4.78, 5) is 71.4. The van der Waals surface area contributed by atoms with Crippen molar-refractivity contribution in [1.29, 1.82) is 0 Å². The Morgan fingerprint density at radius 3 is 2.34 bits per heavy atom. The van der Waals surface area contributed by atoms with Crippen molar-refractivity contribution in [3.8, 4) is 11.8 Å². The number of carbonyl (C=O) groups excluding carboxylic acids is 4. The van der Waals surface area contributed by atoms with Crippen molar-refractivity contribution in [2.45, 2.75) is 53.5 Å². The third-order valence-electron chi connectivity index (χ3n) is 5.76. The highest BCUT2D eigenvalue weighted by atomic mass is 16.5. The van der Waals surface area contributed by atoms with E-state index in [0.29, 0.717) is 11.1 Å². The molecule has 0 spiro atoms. The number of hydrogen-bond donors (Lipinski definition) is 4. The van der Waals surface area contributed by atoms with E-state index in [-0.39, 0.29) is 54.5 Å². The number of benzene rings is 1. The van der Waals surface area contributed by atoms with E-state index in [1.807, 2.05) is 0 Å². The first-order chi connectivity index (χ1) is 19.4. The van der Waals surface area contributed by atoms with Gasteiger partial charge in [-0.15, -0.1) is 0 Å². The van der Waals surface area contributed by atoms with E-state index >= 15 is 0 Å². The Hall–Kier alpha value is -4.92. The van der Waals surface area contributed by atoms with Gasteiger partial charge < -0.3 is 19.8 Å². The molecule has 0 saturated heterocycles. The van der Waals surface area contributed by atoms with Crippen LogP contribution in [0.3, 0.4) is 0 Å². The third-order valence-corrected chi connectivity index (χ3v) is 5.76. The molecule has 0 radical (unpaired) electrons. The number of anilines is 1. The Bertz CT molecular complexity index is 1550. The highest BCUT2D eigenvalue weighted by molar-refractivity contribution is 5.97. The van der Waals surface area contributed by atoms with Crippen LogP contribution < -0.4 is 16.2 Å². The maximum atomic E-state index is 12.8. The first kappa shape index (κ1) is 30.6. The molecule has 2 amide bonds. The van der Waals surface area contributed by atoms with Gasteiger partial charge in [0.25, 0.3) is 11.5 Å². The first-order valence-corrected chi connectivity index (χ1v) is 13.1. The smallest absolute Gasteiger partial charge is 0.328 e. The summed E-state index contributed by atoms with van der Waals surface area (Å²) in [6.07, 6.45) is 1.53. The summed E-state index contributed by atoms with van der Waals surface area (Å²) in [5.74, 6) is 3.97. The average Bonchev–Trinajstić information content (AvgIpc) is 3.33. The minimum atomic E-state index is -1.01. The Labute approximate surface area is 236 Å². The molecule has 0 aliphatic carbocycles. The van der Waals surface area contributed by atoms with Gasteiger partial charge in [0.2, 0.25) is 11.9 Å². The maximum absolute atomic E-state index is 12.8. The summed E-state index contributed by atoms with van der Waals surface area (Å²) in [7, 11) is 0.